The van der Waals surface area contributed by atoms with Gasteiger partial charge in [0.2, 0.25) is 0 Å². The molecule has 0 unspecified atom stereocenters. The van der Waals surface area contributed by atoms with Gasteiger partial charge in [-0.15, -0.1) is 0 Å². The van der Waals surface area contributed by atoms with Crippen LogP contribution >= 0.6 is 11.8 Å². The molecule has 0 aliphatic heterocycles. The third-order valence-electron chi connectivity index (χ3n) is 3.13. The number of hydrogen-bond donors (Lipinski definition) is 0. The van der Waals surface area contributed by atoms with Crippen LogP contribution in [0.3, 0.4) is 0 Å². The molecule has 1 rings (SSSR count). The van der Waals surface area contributed by atoms with E-state index in [-0.39, 0.29) is 0 Å². The van der Waals surface area contributed by atoms with E-state index < -0.39 is 20.1 Å². The van der Waals surface area contributed by atoms with E-state index in [2.05, 4.69) is 0 Å². The average Bonchev–Trinajstić information content (AvgIpc) is 2.60. The molecule has 0 fully saturated rings. The van der Waals surface area contributed by atoms with Gasteiger partial charge < -0.3 is 18.0 Å². The van der Waals surface area contributed by atoms with Crippen molar-refractivity contribution in [3.8, 4) is 0 Å². The number of esters is 1. The summed E-state index contributed by atoms with van der Waals surface area (Å²) in [7, 11) is -2.68. The molecule has 0 radical (unpaired) electrons. The fraction of sp³-hybridized carbons (Fsp3) is 0.529. The maximum atomic E-state index is 11.8. The molecule has 1 aromatic carbocycles. The van der Waals surface area contributed by atoms with Crippen LogP contribution in [0.5, 0.6) is 0 Å². The fourth-order valence-electron chi connectivity index (χ4n) is 2.18. The first-order valence-corrected chi connectivity index (χ1v) is 11.3. The van der Waals surface area contributed by atoms with Crippen molar-refractivity contribution in [2.24, 2.45) is 0 Å². The summed E-state index contributed by atoms with van der Waals surface area (Å²) in [5, 5.41) is -0.606. The summed E-state index contributed by atoms with van der Waals surface area (Å²) in [5.41, 5.74) is 0.354. The average molecular weight is 387 g/mol. The Bertz CT molecular complexity index is 508. The van der Waals surface area contributed by atoms with Gasteiger partial charge >= 0.3 is 20.1 Å². The third-order valence-corrected chi connectivity index (χ3v) is 7.09. The Morgan fingerprint density at radius 3 is 2.04 bits per heavy atom. The molecule has 0 aliphatic carbocycles. The zero-order valence-corrected chi connectivity index (χ0v) is 16.8. The van der Waals surface area contributed by atoms with Crippen LogP contribution < -0.4 is 0 Å². The normalized spacial score (nSPS) is 11.3. The minimum atomic E-state index is -2.68. The number of carbonyl (C=O) groups is 2. The Balaban J connectivity index is 2.39. The summed E-state index contributed by atoms with van der Waals surface area (Å²) >= 11 is 0.968. The van der Waals surface area contributed by atoms with Crippen LogP contribution in [0.15, 0.2) is 30.3 Å². The van der Waals surface area contributed by atoms with Crippen molar-refractivity contribution in [2.45, 2.75) is 33.2 Å². The molecule has 0 amide bonds. The van der Waals surface area contributed by atoms with E-state index in [1.54, 1.807) is 30.3 Å². The van der Waals surface area contributed by atoms with E-state index in [0.29, 0.717) is 43.6 Å². The highest BCUT2D eigenvalue weighted by molar-refractivity contribution is 8.13. The molecule has 0 atom stereocenters. The maximum absolute atomic E-state index is 11.8. The SMILES string of the molecule is CCO[Si](CCCSC(=O)OC(=O)c1ccccc1)(OCC)OCC. The van der Waals surface area contributed by atoms with Crippen molar-refractivity contribution in [1.82, 2.24) is 0 Å². The number of benzene rings is 1. The molecule has 0 saturated heterocycles. The molecule has 0 spiro atoms. The molecule has 0 heterocycles. The molecule has 6 nitrogen and oxygen atoms in total. The van der Waals surface area contributed by atoms with E-state index in [9.17, 15) is 9.59 Å². The molecule has 0 saturated carbocycles. The van der Waals surface area contributed by atoms with Gasteiger partial charge in [-0.25, -0.2) is 9.59 Å². The van der Waals surface area contributed by atoms with Crippen LogP contribution in [-0.4, -0.2) is 45.6 Å². The highest BCUT2D eigenvalue weighted by Crippen LogP contribution is 2.20. The Labute approximate surface area is 154 Å². The van der Waals surface area contributed by atoms with Crippen molar-refractivity contribution in [3.05, 3.63) is 35.9 Å². The van der Waals surface area contributed by atoms with Gasteiger partial charge in [0.1, 0.15) is 0 Å². The summed E-state index contributed by atoms with van der Waals surface area (Å²) in [6.07, 6.45) is 0.672. The molecule has 8 heteroatoms. The molecule has 140 valence electrons. The van der Waals surface area contributed by atoms with Crippen LogP contribution in [0, 0.1) is 0 Å². The van der Waals surface area contributed by atoms with Crippen molar-refractivity contribution < 1.29 is 27.6 Å². The van der Waals surface area contributed by atoms with Crippen molar-refractivity contribution in [1.29, 1.82) is 0 Å². The first-order chi connectivity index (χ1) is 12.1. The molecule has 0 aromatic heterocycles. The van der Waals surface area contributed by atoms with Crippen LogP contribution in [0.25, 0.3) is 0 Å². The van der Waals surface area contributed by atoms with E-state index >= 15 is 0 Å². The lowest BCUT2D eigenvalue weighted by molar-refractivity contribution is 0.0660. The quantitative estimate of drug-likeness (QED) is 0.245. The Morgan fingerprint density at radius 1 is 0.960 bits per heavy atom. The van der Waals surface area contributed by atoms with Gasteiger partial charge in [-0.1, -0.05) is 18.2 Å². The van der Waals surface area contributed by atoms with Gasteiger partial charge in [0, 0.05) is 31.6 Å². The third kappa shape index (κ3) is 8.15. The Kier molecular flexibility index (Phi) is 10.7. The maximum Gasteiger partial charge on any atom is 0.500 e. The van der Waals surface area contributed by atoms with Gasteiger partial charge in [-0.3, -0.25) is 0 Å². The van der Waals surface area contributed by atoms with Crippen LogP contribution in [0.4, 0.5) is 4.79 Å². The fourth-order valence-corrected chi connectivity index (χ4v) is 5.64. The van der Waals surface area contributed by atoms with Gasteiger partial charge in [-0.2, -0.15) is 0 Å². The summed E-state index contributed by atoms with van der Waals surface area (Å²) < 4.78 is 22.1. The summed E-state index contributed by atoms with van der Waals surface area (Å²) in [6, 6.07) is 9.05. The number of ether oxygens (including phenoxy) is 1. The van der Waals surface area contributed by atoms with Crippen molar-refractivity contribution >= 4 is 31.8 Å². The Hall–Kier alpha value is -1.19. The first-order valence-electron chi connectivity index (χ1n) is 8.42. The summed E-state index contributed by atoms with van der Waals surface area (Å²) in [5.74, 6) is -0.136. The highest BCUT2D eigenvalue weighted by Gasteiger charge is 2.39. The van der Waals surface area contributed by atoms with Gasteiger partial charge in [0.05, 0.1) is 5.56 Å². The number of rotatable bonds is 11. The molecule has 0 aliphatic rings. The number of hydrogen-bond acceptors (Lipinski definition) is 7. The molecule has 0 bridgehead atoms. The van der Waals surface area contributed by atoms with Crippen molar-refractivity contribution in [3.63, 3.8) is 0 Å². The van der Waals surface area contributed by atoms with Crippen LogP contribution in [0.1, 0.15) is 37.6 Å². The molecule has 25 heavy (non-hydrogen) atoms. The minimum Gasteiger partial charge on any atom is -0.381 e. The van der Waals surface area contributed by atoms with Crippen LogP contribution in [0.2, 0.25) is 6.04 Å². The number of carbonyl (C=O) groups excluding carboxylic acids is 2. The lowest BCUT2D eigenvalue weighted by Gasteiger charge is -2.28. The van der Waals surface area contributed by atoms with Crippen molar-refractivity contribution in [2.75, 3.05) is 25.6 Å². The summed E-state index contributed by atoms with van der Waals surface area (Å²) in [6.45, 7) is 7.27. The zero-order chi connectivity index (χ0) is 18.5. The van der Waals surface area contributed by atoms with Crippen LogP contribution in [-0.2, 0) is 18.0 Å². The second-order valence-electron chi connectivity index (χ2n) is 4.94. The molecule has 1 aromatic rings. The molecule has 0 N–H and O–H groups in total. The Morgan fingerprint density at radius 2 is 1.52 bits per heavy atom. The molecular weight excluding hydrogens is 360 g/mol. The van der Waals surface area contributed by atoms with E-state index in [1.807, 2.05) is 20.8 Å². The van der Waals surface area contributed by atoms with E-state index in [0.717, 1.165) is 11.8 Å². The lowest BCUT2D eigenvalue weighted by Crippen LogP contribution is -2.46. The predicted molar refractivity (Wildman–Crippen MR) is 99.8 cm³/mol. The second kappa shape index (κ2) is 12.2. The highest BCUT2D eigenvalue weighted by atomic mass is 32.2. The largest absolute Gasteiger partial charge is 0.500 e. The second-order valence-corrected chi connectivity index (χ2v) is 8.70. The van der Waals surface area contributed by atoms with Gasteiger partial charge in [0.15, 0.2) is 0 Å². The first kappa shape index (κ1) is 21.8. The standard InChI is InChI=1S/C17H26O6SSi/c1-4-20-25(21-5-2,22-6-3)14-10-13-24-17(19)23-16(18)15-11-8-7-9-12-15/h7-9,11-12H,4-6,10,13-14H2,1-3H3. The minimum absolute atomic E-state index is 0.354. The zero-order valence-electron chi connectivity index (χ0n) is 15.0. The lowest BCUT2D eigenvalue weighted by atomic mass is 10.2. The smallest absolute Gasteiger partial charge is 0.381 e. The number of thioether (sulfide) groups is 1. The van der Waals surface area contributed by atoms with E-state index in [4.69, 9.17) is 18.0 Å². The summed E-state index contributed by atoms with van der Waals surface area (Å²) in [4.78, 5) is 23.6. The molecular formula is C17H26O6SSi. The van der Waals surface area contributed by atoms with Gasteiger partial charge in [-0.05, 0) is 51.1 Å². The monoisotopic (exact) mass is 386 g/mol. The van der Waals surface area contributed by atoms with Gasteiger partial charge in [0.25, 0.3) is 0 Å². The van der Waals surface area contributed by atoms with E-state index in [1.165, 1.54) is 0 Å². The predicted octanol–water partition coefficient (Wildman–Crippen LogP) is 4.14. The topological polar surface area (TPSA) is 71.1 Å².